The maximum atomic E-state index is 4.00. The summed E-state index contributed by atoms with van der Waals surface area (Å²) in [5, 5.41) is 7.47. The summed E-state index contributed by atoms with van der Waals surface area (Å²) in [6, 6.07) is 1.49. The summed E-state index contributed by atoms with van der Waals surface area (Å²) in [7, 11) is 0. The molecule has 0 radical (unpaired) electrons. The highest BCUT2D eigenvalue weighted by atomic mass is 15.0. The molecule has 2 N–H and O–H groups in total. The van der Waals surface area contributed by atoms with E-state index in [2.05, 4.69) is 24.1 Å². The van der Waals surface area contributed by atoms with Crippen LogP contribution in [0.15, 0.2) is 12.2 Å². The summed E-state index contributed by atoms with van der Waals surface area (Å²) in [6.07, 6.45) is 9.76. The van der Waals surface area contributed by atoms with Crippen molar-refractivity contribution in [3.63, 3.8) is 0 Å². The Bertz CT molecular complexity index is 243. The van der Waals surface area contributed by atoms with Gasteiger partial charge in [0.25, 0.3) is 0 Å². The molecule has 2 rings (SSSR count). The summed E-state index contributed by atoms with van der Waals surface area (Å²) in [6.45, 7) is 8.34. The lowest BCUT2D eigenvalue weighted by Crippen LogP contribution is -2.50. The highest BCUT2D eigenvalue weighted by molar-refractivity contribution is 4.96. The molecule has 2 nitrogen and oxygen atoms in total. The summed E-state index contributed by atoms with van der Waals surface area (Å²) >= 11 is 0. The van der Waals surface area contributed by atoms with Crippen molar-refractivity contribution in [2.24, 2.45) is 5.92 Å². The van der Waals surface area contributed by atoms with E-state index < -0.39 is 0 Å². The molecule has 1 aliphatic heterocycles. The van der Waals surface area contributed by atoms with Crippen LogP contribution in [-0.2, 0) is 0 Å². The van der Waals surface area contributed by atoms with Crippen molar-refractivity contribution >= 4 is 0 Å². The third-order valence-electron chi connectivity index (χ3n) is 4.35. The maximum Gasteiger partial charge on any atom is 0.0161 e. The third kappa shape index (κ3) is 3.82. The van der Waals surface area contributed by atoms with Crippen molar-refractivity contribution in [1.29, 1.82) is 0 Å². The molecule has 98 valence electrons. The molecule has 2 fully saturated rings. The molecule has 3 atom stereocenters. The van der Waals surface area contributed by atoms with E-state index in [0.717, 1.165) is 24.5 Å². The smallest absolute Gasteiger partial charge is 0.0161 e. The summed E-state index contributed by atoms with van der Waals surface area (Å²) < 4.78 is 0. The molecule has 17 heavy (non-hydrogen) atoms. The Morgan fingerprint density at radius 1 is 1.18 bits per heavy atom. The van der Waals surface area contributed by atoms with Crippen LogP contribution in [0.1, 0.15) is 51.9 Å². The van der Waals surface area contributed by atoms with Gasteiger partial charge in [-0.25, -0.2) is 0 Å². The molecular formula is C15H28N2. The lowest BCUT2D eigenvalue weighted by molar-refractivity contribution is 0.184. The zero-order valence-electron chi connectivity index (χ0n) is 11.3. The van der Waals surface area contributed by atoms with Gasteiger partial charge in [-0.15, -0.1) is 0 Å². The molecule has 1 heterocycles. The fourth-order valence-corrected chi connectivity index (χ4v) is 3.44. The van der Waals surface area contributed by atoms with Crippen LogP contribution in [0, 0.1) is 5.92 Å². The Morgan fingerprint density at radius 2 is 1.94 bits per heavy atom. The molecule has 1 saturated carbocycles. The van der Waals surface area contributed by atoms with Gasteiger partial charge in [-0.3, -0.25) is 0 Å². The first-order chi connectivity index (χ1) is 8.27. The normalized spacial score (nSPS) is 34.5. The van der Waals surface area contributed by atoms with Crippen molar-refractivity contribution < 1.29 is 0 Å². The van der Waals surface area contributed by atoms with Gasteiger partial charge in [0.15, 0.2) is 0 Å². The second kappa shape index (κ2) is 6.55. The molecule has 2 aliphatic rings. The molecule has 0 spiro atoms. The van der Waals surface area contributed by atoms with Gasteiger partial charge in [-0.05, 0) is 45.1 Å². The van der Waals surface area contributed by atoms with Crippen LogP contribution in [0.3, 0.4) is 0 Å². The van der Waals surface area contributed by atoms with Crippen LogP contribution in [-0.4, -0.2) is 25.2 Å². The standard InChI is InChI=1S/C15H28N2/c1-12(2)11-17-15-8-4-3-7-13(15)14-9-5-6-10-16-14/h13-17H,1,3-11H2,2H3. The largest absolute Gasteiger partial charge is 0.314 e. The summed E-state index contributed by atoms with van der Waals surface area (Å²) in [4.78, 5) is 0. The van der Waals surface area contributed by atoms with E-state index in [4.69, 9.17) is 0 Å². The van der Waals surface area contributed by atoms with E-state index >= 15 is 0 Å². The van der Waals surface area contributed by atoms with E-state index in [9.17, 15) is 0 Å². The average Bonchev–Trinajstić information content (AvgIpc) is 2.38. The topological polar surface area (TPSA) is 24.1 Å². The Kier molecular flexibility index (Phi) is 5.05. The predicted molar refractivity (Wildman–Crippen MR) is 74.2 cm³/mol. The van der Waals surface area contributed by atoms with Gasteiger partial charge in [0, 0.05) is 18.6 Å². The molecular weight excluding hydrogens is 208 g/mol. The van der Waals surface area contributed by atoms with Crippen LogP contribution in [0.25, 0.3) is 0 Å². The van der Waals surface area contributed by atoms with Crippen molar-refractivity contribution in [2.45, 2.75) is 64.0 Å². The fourth-order valence-electron chi connectivity index (χ4n) is 3.44. The highest BCUT2D eigenvalue weighted by Crippen LogP contribution is 2.30. The number of hydrogen-bond donors (Lipinski definition) is 2. The molecule has 3 unspecified atom stereocenters. The van der Waals surface area contributed by atoms with Crippen LogP contribution < -0.4 is 10.6 Å². The van der Waals surface area contributed by atoms with Crippen LogP contribution in [0.2, 0.25) is 0 Å². The van der Waals surface area contributed by atoms with E-state index in [1.54, 1.807) is 0 Å². The second-order valence-electron chi connectivity index (χ2n) is 5.95. The van der Waals surface area contributed by atoms with Crippen molar-refractivity contribution in [3.8, 4) is 0 Å². The van der Waals surface area contributed by atoms with Crippen molar-refractivity contribution in [2.75, 3.05) is 13.1 Å². The molecule has 1 saturated heterocycles. The van der Waals surface area contributed by atoms with Gasteiger partial charge < -0.3 is 10.6 Å². The Morgan fingerprint density at radius 3 is 2.65 bits per heavy atom. The second-order valence-corrected chi connectivity index (χ2v) is 5.95. The summed E-state index contributed by atoms with van der Waals surface area (Å²) in [5.74, 6) is 0.850. The van der Waals surface area contributed by atoms with Gasteiger partial charge in [0.05, 0.1) is 0 Å². The third-order valence-corrected chi connectivity index (χ3v) is 4.35. The highest BCUT2D eigenvalue weighted by Gasteiger charge is 2.31. The monoisotopic (exact) mass is 236 g/mol. The number of hydrogen-bond acceptors (Lipinski definition) is 2. The first-order valence-electron chi connectivity index (χ1n) is 7.38. The van der Waals surface area contributed by atoms with E-state index in [1.807, 2.05) is 0 Å². The summed E-state index contributed by atoms with van der Waals surface area (Å²) in [5.41, 5.74) is 1.26. The zero-order valence-corrected chi connectivity index (χ0v) is 11.3. The first kappa shape index (κ1) is 13.1. The zero-order chi connectivity index (χ0) is 12.1. The van der Waals surface area contributed by atoms with Gasteiger partial charge in [-0.2, -0.15) is 0 Å². The minimum absolute atomic E-state index is 0.719. The molecule has 0 aromatic heterocycles. The van der Waals surface area contributed by atoms with Gasteiger partial charge in [-0.1, -0.05) is 31.4 Å². The molecule has 0 aromatic rings. The molecule has 0 bridgehead atoms. The fraction of sp³-hybridized carbons (Fsp3) is 0.867. The predicted octanol–water partition coefficient (Wildman–Crippen LogP) is 2.85. The van der Waals surface area contributed by atoms with Gasteiger partial charge >= 0.3 is 0 Å². The molecule has 0 aromatic carbocycles. The minimum Gasteiger partial charge on any atom is -0.314 e. The quantitative estimate of drug-likeness (QED) is 0.734. The van der Waals surface area contributed by atoms with Crippen LogP contribution >= 0.6 is 0 Å². The lowest BCUT2D eigenvalue weighted by atomic mass is 9.77. The van der Waals surface area contributed by atoms with Crippen molar-refractivity contribution in [3.05, 3.63) is 12.2 Å². The Labute approximate surface area is 106 Å². The molecule has 1 aliphatic carbocycles. The number of rotatable bonds is 4. The Balaban J connectivity index is 1.88. The molecule has 2 heteroatoms. The Hall–Kier alpha value is -0.340. The number of nitrogens with one attached hydrogen (secondary N) is 2. The van der Waals surface area contributed by atoms with E-state index in [-0.39, 0.29) is 0 Å². The van der Waals surface area contributed by atoms with E-state index in [1.165, 1.54) is 57.1 Å². The van der Waals surface area contributed by atoms with Gasteiger partial charge in [0.1, 0.15) is 0 Å². The minimum atomic E-state index is 0.719. The van der Waals surface area contributed by atoms with Crippen LogP contribution in [0.4, 0.5) is 0 Å². The van der Waals surface area contributed by atoms with Crippen molar-refractivity contribution in [1.82, 2.24) is 10.6 Å². The van der Waals surface area contributed by atoms with Crippen LogP contribution in [0.5, 0.6) is 0 Å². The lowest BCUT2D eigenvalue weighted by Gasteiger charge is -2.40. The maximum absolute atomic E-state index is 4.00. The average molecular weight is 236 g/mol. The first-order valence-corrected chi connectivity index (χ1v) is 7.38. The SMILES string of the molecule is C=C(C)CNC1CCCCC1C1CCCCN1. The molecule has 0 amide bonds. The van der Waals surface area contributed by atoms with E-state index in [0.29, 0.717) is 0 Å². The van der Waals surface area contributed by atoms with Gasteiger partial charge in [0.2, 0.25) is 0 Å². The number of piperidine rings is 1.